The Balaban J connectivity index is 2.07. The topological polar surface area (TPSA) is 35.5 Å². The van der Waals surface area contributed by atoms with Crippen LogP contribution in [0.3, 0.4) is 0 Å². The average molecular weight is 270 g/mol. The monoisotopic (exact) mass is 270 g/mol. The molecule has 1 atom stereocenters. The molecule has 3 heteroatoms. The van der Waals surface area contributed by atoms with Crippen LogP contribution in [0.4, 0.5) is 0 Å². The standard InChI is InChI=1S/C17H22N2O/c1-19(2)13-16(14-8-4-3-5-9-14)18-12-15-10-6-7-11-17(15)20/h3-11,16,18,20H,12-13H2,1-2H3. The molecule has 0 amide bonds. The lowest BCUT2D eigenvalue weighted by Gasteiger charge is -2.23. The predicted molar refractivity (Wildman–Crippen MR) is 82.7 cm³/mol. The summed E-state index contributed by atoms with van der Waals surface area (Å²) in [6.45, 7) is 1.57. The lowest BCUT2D eigenvalue weighted by molar-refractivity contribution is 0.339. The third-order valence-corrected chi connectivity index (χ3v) is 3.28. The number of hydrogen-bond donors (Lipinski definition) is 2. The second kappa shape index (κ2) is 7.08. The number of nitrogens with zero attached hydrogens (tertiary/aromatic N) is 1. The second-order valence-electron chi connectivity index (χ2n) is 5.24. The molecular weight excluding hydrogens is 248 g/mol. The van der Waals surface area contributed by atoms with E-state index in [1.165, 1.54) is 5.56 Å². The van der Waals surface area contributed by atoms with Crippen LogP contribution in [0.2, 0.25) is 0 Å². The van der Waals surface area contributed by atoms with Crippen molar-refractivity contribution in [2.45, 2.75) is 12.6 Å². The van der Waals surface area contributed by atoms with Gasteiger partial charge in [-0.2, -0.15) is 0 Å². The first-order chi connectivity index (χ1) is 9.66. The molecule has 0 aliphatic carbocycles. The Kier molecular flexibility index (Phi) is 5.16. The largest absolute Gasteiger partial charge is 0.508 e. The van der Waals surface area contributed by atoms with Crippen molar-refractivity contribution in [2.75, 3.05) is 20.6 Å². The van der Waals surface area contributed by atoms with E-state index in [1.54, 1.807) is 6.07 Å². The smallest absolute Gasteiger partial charge is 0.120 e. The summed E-state index contributed by atoms with van der Waals surface area (Å²) in [6, 6.07) is 18.1. The zero-order chi connectivity index (χ0) is 14.4. The molecule has 0 heterocycles. The molecule has 0 aromatic heterocycles. The molecule has 0 radical (unpaired) electrons. The van der Waals surface area contributed by atoms with Crippen LogP contribution in [0.15, 0.2) is 54.6 Å². The zero-order valence-corrected chi connectivity index (χ0v) is 12.1. The molecule has 0 spiro atoms. The molecule has 3 nitrogen and oxygen atoms in total. The van der Waals surface area contributed by atoms with Crippen LogP contribution in [-0.2, 0) is 6.54 Å². The third kappa shape index (κ3) is 4.08. The predicted octanol–water partition coefficient (Wildman–Crippen LogP) is 2.78. The number of rotatable bonds is 6. The van der Waals surface area contributed by atoms with Gasteiger partial charge in [0.05, 0.1) is 0 Å². The van der Waals surface area contributed by atoms with Gasteiger partial charge in [0.15, 0.2) is 0 Å². The third-order valence-electron chi connectivity index (χ3n) is 3.28. The Morgan fingerprint density at radius 2 is 1.65 bits per heavy atom. The number of para-hydroxylation sites is 1. The van der Waals surface area contributed by atoms with E-state index in [0.29, 0.717) is 12.3 Å². The Labute approximate surface area is 120 Å². The van der Waals surface area contributed by atoms with Gasteiger partial charge < -0.3 is 15.3 Å². The Hall–Kier alpha value is -1.84. The molecule has 106 valence electrons. The summed E-state index contributed by atoms with van der Waals surface area (Å²) in [5.41, 5.74) is 2.18. The van der Waals surface area contributed by atoms with Crippen molar-refractivity contribution in [3.05, 3.63) is 65.7 Å². The lowest BCUT2D eigenvalue weighted by Crippen LogP contribution is -2.30. The first kappa shape index (κ1) is 14.6. The van der Waals surface area contributed by atoms with Gasteiger partial charge in [-0.15, -0.1) is 0 Å². The van der Waals surface area contributed by atoms with Crippen LogP contribution in [0, 0.1) is 0 Å². The highest BCUT2D eigenvalue weighted by Crippen LogP contribution is 2.18. The maximum absolute atomic E-state index is 9.83. The molecule has 0 aliphatic heterocycles. The number of likely N-dealkylation sites (N-methyl/N-ethyl adjacent to an activating group) is 1. The summed E-state index contributed by atoms with van der Waals surface area (Å²) in [4.78, 5) is 2.16. The van der Waals surface area contributed by atoms with E-state index in [4.69, 9.17) is 0 Å². The Morgan fingerprint density at radius 1 is 1.00 bits per heavy atom. The van der Waals surface area contributed by atoms with Crippen LogP contribution in [0.5, 0.6) is 5.75 Å². The van der Waals surface area contributed by atoms with Gasteiger partial charge in [-0.25, -0.2) is 0 Å². The van der Waals surface area contributed by atoms with Gasteiger partial charge in [-0.1, -0.05) is 48.5 Å². The van der Waals surface area contributed by atoms with Crippen LogP contribution in [0.25, 0.3) is 0 Å². The minimum absolute atomic E-state index is 0.241. The molecule has 2 N–H and O–H groups in total. The van der Waals surface area contributed by atoms with Crippen LogP contribution < -0.4 is 5.32 Å². The number of hydrogen-bond acceptors (Lipinski definition) is 3. The molecule has 2 aromatic carbocycles. The van der Waals surface area contributed by atoms with E-state index >= 15 is 0 Å². The zero-order valence-electron chi connectivity index (χ0n) is 12.1. The van der Waals surface area contributed by atoms with Gasteiger partial charge in [-0.05, 0) is 25.7 Å². The first-order valence-electron chi connectivity index (χ1n) is 6.87. The number of aromatic hydroxyl groups is 1. The maximum atomic E-state index is 9.83. The van der Waals surface area contributed by atoms with Crippen molar-refractivity contribution in [1.29, 1.82) is 0 Å². The quantitative estimate of drug-likeness (QED) is 0.847. The number of phenolic OH excluding ortho intramolecular Hbond substituents is 1. The average Bonchev–Trinajstić information content (AvgIpc) is 2.45. The summed E-state index contributed by atoms with van der Waals surface area (Å²) in [5.74, 6) is 0.344. The summed E-state index contributed by atoms with van der Waals surface area (Å²) < 4.78 is 0. The summed E-state index contributed by atoms with van der Waals surface area (Å²) in [6.07, 6.45) is 0. The normalized spacial score (nSPS) is 12.6. The minimum Gasteiger partial charge on any atom is -0.508 e. The lowest BCUT2D eigenvalue weighted by atomic mass is 10.1. The van der Waals surface area contributed by atoms with Crippen LogP contribution in [-0.4, -0.2) is 30.6 Å². The molecule has 2 rings (SSSR count). The second-order valence-corrected chi connectivity index (χ2v) is 5.24. The summed E-state index contributed by atoms with van der Waals surface area (Å²) >= 11 is 0. The molecule has 1 unspecified atom stereocenters. The number of benzene rings is 2. The molecule has 0 saturated carbocycles. The van der Waals surface area contributed by atoms with Crippen molar-refractivity contribution < 1.29 is 5.11 Å². The molecular formula is C17H22N2O. The van der Waals surface area contributed by atoms with E-state index < -0.39 is 0 Å². The van der Waals surface area contributed by atoms with Gasteiger partial charge in [-0.3, -0.25) is 0 Å². The van der Waals surface area contributed by atoms with Gasteiger partial charge >= 0.3 is 0 Å². The Bertz CT molecular complexity index is 526. The van der Waals surface area contributed by atoms with E-state index in [-0.39, 0.29) is 6.04 Å². The van der Waals surface area contributed by atoms with E-state index in [0.717, 1.165) is 12.1 Å². The Morgan fingerprint density at radius 3 is 2.30 bits per heavy atom. The van der Waals surface area contributed by atoms with Gasteiger partial charge in [0.2, 0.25) is 0 Å². The number of phenols is 1. The molecule has 20 heavy (non-hydrogen) atoms. The van der Waals surface area contributed by atoms with Gasteiger partial charge in [0, 0.05) is 24.7 Å². The maximum Gasteiger partial charge on any atom is 0.120 e. The molecule has 0 saturated heterocycles. The van der Waals surface area contributed by atoms with Gasteiger partial charge in [0.1, 0.15) is 5.75 Å². The van der Waals surface area contributed by atoms with Crippen molar-refractivity contribution >= 4 is 0 Å². The fourth-order valence-electron chi connectivity index (χ4n) is 2.23. The summed E-state index contributed by atoms with van der Waals surface area (Å²) in [5, 5.41) is 13.3. The highest BCUT2D eigenvalue weighted by Gasteiger charge is 2.12. The van der Waals surface area contributed by atoms with Crippen LogP contribution >= 0.6 is 0 Å². The first-order valence-corrected chi connectivity index (χ1v) is 6.87. The van der Waals surface area contributed by atoms with E-state index in [9.17, 15) is 5.11 Å². The summed E-state index contributed by atoms with van der Waals surface area (Å²) in [7, 11) is 4.13. The fraction of sp³-hybridized carbons (Fsp3) is 0.294. The van der Waals surface area contributed by atoms with E-state index in [1.807, 2.05) is 24.3 Å². The van der Waals surface area contributed by atoms with Crippen molar-refractivity contribution in [3.63, 3.8) is 0 Å². The highest BCUT2D eigenvalue weighted by atomic mass is 16.3. The van der Waals surface area contributed by atoms with Crippen molar-refractivity contribution in [2.24, 2.45) is 0 Å². The molecule has 2 aromatic rings. The van der Waals surface area contributed by atoms with Crippen LogP contribution in [0.1, 0.15) is 17.2 Å². The minimum atomic E-state index is 0.241. The SMILES string of the molecule is CN(C)CC(NCc1ccccc1O)c1ccccc1. The van der Waals surface area contributed by atoms with Crippen molar-refractivity contribution in [1.82, 2.24) is 10.2 Å². The van der Waals surface area contributed by atoms with Crippen molar-refractivity contribution in [3.8, 4) is 5.75 Å². The van der Waals surface area contributed by atoms with Gasteiger partial charge in [0.25, 0.3) is 0 Å². The molecule has 0 fully saturated rings. The number of nitrogens with one attached hydrogen (secondary N) is 1. The molecule has 0 bridgehead atoms. The fourth-order valence-corrected chi connectivity index (χ4v) is 2.23. The highest BCUT2D eigenvalue weighted by molar-refractivity contribution is 5.31. The molecule has 0 aliphatic rings. The van der Waals surface area contributed by atoms with E-state index in [2.05, 4.69) is 48.6 Å².